The lowest BCUT2D eigenvalue weighted by Gasteiger charge is -2.25. The molecule has 2 aromatic heterocycles. The van der Waals surface area contributed by atoms with Crippen LogP contribution in [0, 0.1) is 0 Å². The first-order valence-corrected chi connectivity index (χ1v) is 10.1. The van der Waals surface area contributed by atoms with Crippen LogP contribution in [0.15, 0.2) is 46.6 Å². The van der Waals surface area contributed by atoms with E-state index in [0.717, 1.165) is 38.9 Å². The molecule has 3 aromatic rings. The molecule has 3 heterocycles. The molecule has 0 aliphatic carbocycles. The number of aromatic nitrogens is 2. The van der Waals surface area contributed by atoms with Gasteiger partial charge in [0.15, 0.2) is 0 Å². The zero-order valence-electron chi connectivity index (χ0n) is 14.8. The predicted molar refractivity (Wildman–Crippen MR) is 116 cm³/mol. The lowest BCUT2D eigenvalue weighted by Crippen LogP contribution is -2.29. The molecule has 27 heavy (non-hydrogen) atoms. The van der Waals surface area contributed by atoms with Crippen molar-refractivity contribution >= 4 is 51.8 Å². The predicted octanol–water partition coefficient (Wildman–Crippen LogP) is 4.78. The smallest absolute Gasteiger partial charge is 0.258 e. The second-order valence-corrected chi connectivity index (χ2v) is 7.86. The second kappa shape index (κ2) is 9.02. The van der Waals surface area contributed by atoms with E-state index >= 15 is 0 Å². The average Bonchev–Trinajstić information content (AvgIpc) is 3.18. The van der Waals surface area contributed by atoms with Gasteiger partial charge in [-0.2, -0.15) is 0 Å². The lowest BCUT2D eigenvalue weighted by molar-refractivity contribution is 0.297. The van der Waals surface area contributed by atoms with Crippen molar-refractivity contribution in [3.05, 3.63) is 67.9 Å². The molecular formula is C20H21Cl2N3OS. The highest BCUT2D eigenvalue weighted by Gasteiger charge is 2.13. The Morgan fingerprint density at radius 1 is 1.26 bits per heavy atom. The molecule has 0 bridgehead atoms. The van der Waals surface area contributed by atoms with E-state index in [-0.39, 0.29) is 18.0 Å². The number of nitrogens with one attached hydrogen (secondary N) is 1. The molecule has 1 N–H and O–H groups in total. The van der Waals surface area contributed by atoms with E-state index in [2.05, 4.69) is 38.5 Å². The molecule has 1 aliphatic rings. The van der Waals surface area contributed by atoms with Gasteiger partial charge in [0.2, 0.25) is 0 Å². The molecule has 0 amide bonds. The summed E-state index contributed by atoms with van der Waals surface area (Å²) in [6.07, 6.45) is 5.14. The highest BCUT2D eigenvalue weighted by atomic mass is 35.5. The van der Waals surface area contributed by atoms with Crippen LogP contribution in [0.4, 0.5) is 0 Å². The summed E-state index contributed by atoms with van der Waals surface area (Å²) in [5.41, 5.74) is 1.94. The summed E-state index contributed by atoms with van der Waals surface area (Å²) in [5, 5.41) is 3.20. The van der Waals surface area contributed by atoms with Gasteiger partial charge >= 0.3 is 0 Å². The molecule has 4 nitrogen and oxygen atoms in total. The number of para-hydroxylation sites is 1. The number of hydrogen-bond donors (Lipinski definition) is 1. The molecule has 0 unspecified atom stereocenters. The van der Waals surface area contributed by atoms with Crippen molar-refractivity contribution < 1.29 is 0 Å². The fraction of sp³-hybridized carbons (Fsp3) is 0.300. The van der Waals surface area contributed by atoms with E-state index in [9.17, 15) is 4.79 Å². The molecule has 0 atom stereocenters. The Morgan fingerprint density at radius 2 is 2.15 bits per heavy atom. The number of hydrogen-bond acceptors (Lipinski definition) is 4. The Hall–Kier alpha value is -1.66. The third kappa shape index (κ3) is 4.61. The summed E-state index contributed by atoms with van der Waals surface area (Å²) in [6.45, 7) is 3.07. The molecule has 1 aromatic carbocycles. The average molecular weight is 422 g/mol. The number of benzene rings is 1. The van der Waals surface area contributed by atoms with E-state index in [1.54, 1.807) is 18.2 Å². The SMILES string of the molecule is Cl.O=c1[nH]c(CCCN2CC=C(c3cccs3)CC2)nc2c(Cl)cccc12. The van der Waals surface area contributed by atoms with Crippen molar-refractivity contribution in [2.75, 3.05) is 19.6 Å². The van der Waals surface area contributed by atoms with Crippen LogP contribution < -0.4 is 5.56 Å². The Kier molecular flexibility index (Phi) is 6.71. The Morgan fingerprint density at radius 3 is 2.89 bits per heavy atom. The van der Waals surface area contributed by atoms with Gasteiger partial charge in [-0.3, -0.25) is 9.69 Å². The highest BCUT2D eigenvalue weighted by molar-refractivity contribution is 7.11. The van der Waals surface area contributed by atoms with Crippen molar-refractivity contribution in [3.63, 3.8) is 0 Å². The number of fused-ring (bicyclic) bond motifs is 1. The number of H-pyrrole nitrogens is 1. The monoisotopic (exact) mass is 421 g/mol. The largest absolute Gasteiger partial charge is 0.310 e. The van der Waals surface area contributed by atoms with Gasteiger partial charge in [0.05, 0.1) is 15.9 Å². The maximum Gasteiger partial charge on any atom is 0.258 e. The van der Waals surface area contributed by atoms with Gasteiger partial charge in [0, 0.05) is 24.4 Å². The fourth-order valence-corrected chi connectivity index (χ4v) is 4.38. The van der Waals surface area contributed by atoms with E-state index in [1.807, 2.05) is 11.3 Å². The van der Waals surface area contributed by atoms with Gasteiger partial charge in [-0.25, -0.2) is 4.98 Å². The molecule has 0 radical (unpaired) electrons. The fourth-order valence-electron chi connectivity index (χ4n) is 3.36. The van der Waals surface area contributed by atoms with Crippen molar-refractivity contribution in [3.8, 4) is 0 Å². The number of rotatable bonds is 5. The van der Waals surface area contributed by atoms with Crippen LogP contribution in [0.3, 0.4) is 0 Å². The van der Waals surface area contributed by atoms with Gasteiger partial charge < -0.3 is 4.98 Å². The third-order valence-electron chi connectivity index (χ3n) is 4.75. The van der Waals surface area contributed by atoms with Gasteiger partial charge in [0.25, 0.3) is 5.56 Å². The molecule has 0 spiro atoms. The minimum absolute atomic E-state index is 0. The van der Waals surface area contributed by atoms with Gasteiger partial charge in [-0.15, -0.1) is 23.7 Å². The summed E-state index contributed by atoms with van der Waals surface area (Å²) in [7, 11) is 0. The zero-order valence-corrected chi connectivity index (χ0v) is 17.2. The maximum absolute atomic E-state index is 12.2. The first kappa shape index (κ1) is 20.1. The van der Waals surface area contributed by atoms with E-state index < -0.39 is 0 Å². The van der Waals surface area contributed by atoms with Crippen LogP contribution in [0.5, 0.6) is 0 Å². The van der Waals surface area contributed by atoms with Crippen LogP contribution >= 0.6 is 35.3 Å². The third-order valence-corrected chi connectivity index (χ3v) is 6.01. The number of nitrogens with zero attached hydrogens (tertiary/aromatic N) is 2. The Balaban J connectivity index is 0.00000210. The minimum atomic E-state index is -0.117. The number of aryl methyl sites for hydroxylation is 1. The van der Waals surface area contributed by atoms with Crippen LogP contribution in [0.25, 0.3) is 16.5 Å². The van der Waals surface area contributed by atoms with Gasteiger partial charge in [-0.05, 0) is 48.5 Å². The number of aromatic amines is 1. The summed E-state index contributed by atoms with van der Waals surface area (Å²) >= 11 is 7.99. The molecule has 4 rings (SSSR count). The van der Waals surface area contributed by atoms with E-state index in [1.165, 1.54) is 10.5 Å². The number of halogens is 2. The first-order chi connectivity index (χ1) is 12.7. The van der Waals surface area contributed by atoms with Crippen molar-refractivity contribution in [1.82, 2.24) is 14.9 Å². The van der Waals surface area contributed by atoms with Crippen molar-refractivity contribution in [2.24, 2.45) is 0 Å². The van der Waals surface area contributed by atoms with Crippen molar-refractivity contribution in [1.29, 1.82) is 0 Å². The summed E-state index contributed by atoms with van der Waals surface area (Å²) in [4.78, 5) is 23.5. The van der Waals surface area contributed by atoms with E-state index in [4.69, 9.17) is 11.6 Å². The van der Waals surface area contributed by atoms with Gasteiger partial charge in [0.1, 0.15) is 5.82 Å². The zero-order chi connectivity index (χ0) is 17.9. The van der Waals surface area contributed by atoms with Crippen LogP contribution in [-0.4, -0.2) is 34.5 Å². The molecule has 142 valence electrons. The summed E-state index contributed by atoms with van der Waals surface area (Å²) < 4.78 is 0. The van der Waals surface area contributed by atoms with E-state index in [0.29, 0.717) is 21.7 Å². The van der Waals surface area contributed by atoms with Crippen molar-refractivity contribution in [2.45, 2.75) is 19.3 Å². The molecular weight excluding hydrogens is 401 g/mol. The lowest BCUT2D eigenvalue weighted by atomic mass is 10.1. The highest BCUT2D eigenvalue weighted by Crippen LogP contribution is 2.26. The molecule has 0 fully saturated rings. The maximum atomic E-state index is 12.2. The van der Waals surface area contributed by atoms with Crippen LogP contribution in [-0.2, 0) is 6.42 Å². The normalized spacial score (nSPS) is 14.8. The Labute approximate surface area is 173 Å². The molecule has 1 aliphatic heterocycles. The molecule has 0 saturated heterocycles. The minimum Gasteiger partial charge on any atom is -0.310 e. The van der Waals surface area contributed by atoms with Gasteiger partial charge in [-0.1, -0.05) is 29.8 Å². The summed E-state index contributed by atoms with van der Waals surface area (Å²) in [5.74, 6) is 0.711. The number of thiophene rings is 1. The topological polar surface area (TPSA) is 49.0 Å². The standard InChI is InChI=1S/C20H20ClN3OS.ClH/c21-16-5-1-4-15-19(16)22-18(23-20(15)25)7-2-10-24-11-8-14(9-12-24)17-6-3-13-26-17;/h1,3-6,8,13H,2,7,9-12H2,(H,22,23,25);1H. The molecule has 7 heteroatoms. The van der Waals surface area contributed by atoms with Crippen LogP contribution in [0.2, 0.25) is 5.02 Å². The Bertz CT molecular complexity index is 998. The first-order valence-electron chi connectivity index (χ1n) is 8.83. The van der Waals surface area contributed by atoms with Crippen LogP contribution in [0.1, 0.15) is 23.5 Å². The molecule has 0 saturated carbocycles. The summed E-state index contributed by atoms with van der Waals surface area (Å²) in [6, 6.07) is 9.60. The second-order valence-electron chi connectivity index (χ2n) is 6.51. The quantitative estimate of drug-likeness (QED) is 0.644.